The lowest BCUT2D eigenvalue weighted by atomic mass is 10.0. The predicted octanol–water partition coefficient (Wildman–Crippen LogP) is 1.97. The topological polar surface area (TPSA) is 62.7 Å². The number of hydrogen-bond donors (Lipinski definition) is 0. The van der Waals surface area contributed by atoms with E-state index in [-0.39, 0.29) is 23.3 Å². The summed E-state index contributed by atoms with van der Waals surface area (Å²) in [6, 6.07) is 9.75. The molecule has 0 atom stereocenters. The molecule has 2 aromatic rings. The standard InChI is InChI=1S/C18H17N3O3/c1-11-9-14-15(16(19-11)24-2)18(23)21(17(14)22)20-8-7-12-5-3-4-6-13(12)10-20/h3-6,9H,7-8,10H2,1-2H3. The number of carbonyl (C=O) groups excluding carboxylic acids is 2. The van der Waals surface area contributed by atoms with Crippen molar-refractivity contribution in [1.82, 2.24) is 15.0 Å². The summed E-state index contributed by atoms with van der Waals surface area (Å²) in [5.41, 5.74) is 3.68. The molecule has 0 radical (unpaired) electrons. The van der Waals surface area contributed by atoms with E-state index in [1.807, 2.05) is 23.2 Å². The van der Waals surface area contributed by atoms with E-state index in [0.29, 0.717) is 24.3 Å². The van der Waals surface area contributed by atoms with Gasteiger partial charge in [-0.05, 0) is 30.5 Å². The van der Waals surface area contributed by atoms with Gasteiger partial charge in [-0.25, -0.2) is 15.0 Å². The Bertz CT molecular complexity index is 863. The highest BCUT2D eigenvalue weighted by molar-refractivity contribution is 6.22. The number of ether oxygens (including phenoxy) is 1. The van der Waals surface area contributed by atoms with E-state index < -0.39 is 0 Å². The molecule has 122 valence electrons. The van der Waals surface area contributed by atoms with Crippen LogP contribution >= 0.6 is 0 Å². The molecule has 0 fully saturated rings. The monoisotopic (exact) mass is 323 g/mol. The molecular formula is C18H17N3O3. The van der Waals surface area contributed by atoms with Gasteiger partial charge >= 0.3 is 0 Å². The first kappa shape index (κ1) is 14.8. The zero-order valence-corrected chi connectivity index (χ0v) is 13.6. The Morgan fingerprint density at radius 3 is 2.62 bits per heavy atom. The summed E-state index contributed by atoms with van der Waals surface area (Å²) in [7, 11) is 1.46. The molecule has 0 saturated heterocycles. The Kier molecular flexibility index (Phi) is 3.35. The Balaban J connectivity index is 1.72. The van der Waals surface area contributed by atoms with Crippen molar-refractivity contribution in [2.24, 2.45) is 0 Å². The minimum Gasteiger partial charge on any atom is -0.480 e. The van der Waals surface area contributed by atoms with Crippen molar-refractivity contribution in [3.8, 4) is 5.88 Å². The van der Waals surface area contributed by atoms with Gasteiger partial charge in [-0.3, -0.25) is 9.59 Å². The van der Waals surface area contributed by atoms with Crippen molar-refractivity contribution in [1.29, 1.82) is 0 Å². The highest BCUT2D eigenvalue weighted by Crippen LogP contribution is 2.32. The van der Waals surface area contributed by atoms with Crippen molar-refractivity contribution in [3.05, 3.63) is 58.3 Å². The summed E-state index contributed by atoms with van der Waals surface area (Å²) in [4.78, 5) is 29.9. The van der Waals surface area contributed by atoms with Crippen LogP contribution in [-0.4, -0.2) is 40.5 Å². The first-order valence-electron chi connectivity index (χ1n) is 7.86. The van der Waals surface area contributed by atoms with Gasteiger partial charge in [-0.2, -0.15) is 0 Å². The van der Waals surface area contributed by atoms with E-state index in [2.05, 4.69) is 11.1 Å². The molecule has 0 bridgehead atoms. The lowest BCUT2D eigenvalue weighted by molar-refractivity contribution is -0.00530. The second-order valence-corrected chi connectivity index (χ2v) is 6.02. The Morgan fingerprint density at radius 2 is 1.88 bits per heavy atom. The number of nitrogens with zero attached hydrogens (tertiary/aromatic N) is 3. The average Bonchev–Trinajstić information content (AvgIpc) is 2.84. The number of rotatable bonds is 2. The second-order valence-electron chi connectivity index (χ2n) is 6.02. The molecule has 6 heteroatoms. The molecule has 1 aromatic carbocycles. The highest BCUT2D eigenvalue weighted by Gasteiger charge is 2.43. The number of aromatic nitrogens is 1. The normalized spacial score (nSPS) is 17.0. The summed E-state index contributed by atoms with van der Waals surface area (Å²) in [5, 5.41) is 3.05. The Hall–Kier alpha value is -2.73. The van der Waals surface area contributed by atoms with Gasteiger partial charge in [0.25, 0.3) is 11.8 Å². The molecule has 2 aliphatic heterocycles. The summed E-state index contributed by atoms with van der Waals surface area (Å²) in [5.74, 6) is -0.458. The maximum atomic E-state index is 12.9. The fourth-order valence-electron chi connectivity index (χ4n) is 3.39. The largest absolute Gasteiger partial charge is 0.480 e. The van der Waals surface area contributed by atoms with Crippen LogP contribution < -0.4 is 4.74 Å². The lowest BCUT2D eigenvalue weighted by Crippen LogP contribution is -2.48. The van der Waals surface area contributed by atoms with Crippen LogP contribution in [0.1, 0.15) is 37.5 Å². The number of fused-ring (bicyclic) bond motifs is 2. The number of carbonyl (C=O) groups is 2. The summed E-state index contributed by atoms with van der Waals surface area (Å²) in [6.45, 7) is 2.94. The second kappa shape index (κ2) is 5.42. The van der Waals surface area contributed by atoms with Gasteiger partial charge in [0.15, 0.2) is 0 Å². The molecule has 0 spiro atoms. The molecule has 0 saturated carbocycles. The molecular weight excluding hydrogens is 306 g/mol. The number of pyridine rings is 1. The van der Waals surface area contributed by atoms with Gasteiger partial charge < -0.3 is 4.74 Å². The number of amides is 2. The molecule has 24 heavy (non-hydrogen) atoms. The SMILES string of the molecule is COc1nc(C)cc2c1C(=O)N(N1CCc3ccccc3C1)C2=O. The van der Waals surface area contributed by atoms with Crippen molar-refractivity contribution in [3.63, 3.8) is 0 Å². The van der Waals surface area contributed by atoms with Gasteiger partial charge in [-0.1, -0.05) is 24.3 Å². The van der Waals surface area contributed by atoms with Crippen LogP contribution in [0.3, 0.4) is 0 Å². The van der Waals surface area contributed by atoms with Crippen molar-refractivity contribution >= 4 is 11.8 Å². The minimum atomic E-state index is -0.362. The Morgan fingerprint density at radius 1 is 1.12 bits per heavy atom. The van der Waals surface area contributed by atoms with Gasteiger partial charge in [0, 0.05) is 18.8 Å². The summed E-state index contributed by atoms with van der Waals surface area (Å²) in [6.07, 6.45) is 0.804. The molecule has 0 unspecified atom stereocenters. The Labute approximate surface area is 139 Å². The van der Waals surface area contributed by atoms with E-state index in [9.17, 15) is 9.59 Å². The number of hydrazine groups is 1. The molecule has 2 aliphatic rings. The number of methoxy groups -OCH3 is 1. The smallest absolute Gasteiger partial charge is 0.281 e. The van der Waals surface area contributed by atoms with Gasteiger partial charge in [0.2, 0.25) is 5.88 Å². The maximum Gasteiger partial charge on any atom is 0.281 e. The van der Waals surface area contributed by atoms with E-state index in [1.54, 1.807) is 13.0 Å². The zero-order chi connectivity index (χ0) is 16.8. The maximum absolute atomic E-state index is 12.9. The summed E-state index contributed by atoms with van der Waals surface area (Å²) < 4.78 is 5.22. The van der Waals surface area contributed by atoms with Gasteiger partial charge in [0.1, 0.15) is 5.56 Å². The third-order valence-corrected chi connectivity index (χ3v) is 4.53. The first-order valence-corrected chi connectivity index (χ1v) is 7.86. The van der Waals surface area contributed by atoms with E-state index in [0.717, 1.165) is 12.0 Å². The van der Waals surface area contributed by atoms with E-state index >= 15 is 0 Å². The first-order chi connectivity index (χ1) is 11.6. The predicted molar refractivity (Wildman–Crippen MR) is 86.6 cm³/mol. The third-order valence-electron chi connectivity index (χ3n) is 4.53. The highest BCUT2D eigenvalue weighted by atomic mass is 16.5. The number of imide groups is 1. The van der Waals surface area contributed by atoms with Crippen LogP contribution in [0.5, 0.6) is 5.88 Å². The van der Waals surface area contributed by atoms with Crippen LogP contribution in [0.4, 0.5) is 0 Å². The molecule has 3 heterocycles. The van der Waals surface area contributed by atoms with Crippen molar-refractivity contribution in [2.45, 2.75) is 19.9 Å². The quantitative estimate of drug-likeness (QED) is 0.791. The zero-order valence-electron chi connectivity index (χ0n) is 13.6. The van der Waals surface area contributed by atoms with Crippen LogP contribution in [0.2, 0.25) is 0 Å². The van der Waals surface area contributed by atoms with E-state index in [4.69, 9.17) is 4.74 Å². The van der Waals surface area contributed by atoms with Gasteiger partial charge in [-0.15, -0.1) is 0 Å². The lowest BCUT2D eigenvalue weighted by Gasteiger charge is -2.34. The molecule has 2 amide bonds. The number of aryl methyl sites for hydroxylation is 1. The summed E-state index contributed by atoms with van der Waals surface area (Å²) >= 11 is 0. The van der Waals surface area contributed by atoms with Crippen molar-refractivity contribution < 1.29 is 14.3 Å². The van der Waals surface area contributed by atoms with E-state index in [1.165, 1.54) is 17.7 Å². The average molecular weight is 323 g/mol. The molecule has 0 N–H and O–H groups in total. The fraction of sp³-hybridized carbons (Fsp3) is 0.278. The number of benzene rings is 1. The molecule has 4 rings (SSSR count). The fourth-order valence-corrected chi connectivity index (χ4v) is 3.39. The van der Waals surface area contributed by atoms with Crippen LogP contribution in [-0.2, 0) is 13.0 Å². The van der Waals surface area contributed by atoms with Crippen LogP contribution in [0.25, 0.3) is 0 Å². The molecule has 6 nitrogen and oxygen atoms in total. The molecule has 0 aliphatic carbocycles. The minimum absolute atomic E-state index is 0.211. The van der Waals surface area contributed by atoms with Gasteiger partial charge in [0.05, 0.1) is 12.7 Å². The number of hydrogen-bond acceptors (Lipinski definition) is 5. The molecule has 1 aromatic heterocycles. The third kappa shape index (κ3) is 2.11. The van der Waals surface area contributed by atoms with Crippen molar-refractivity contribution in [2.75, 3.05) is 13.7 Å². The van der Waals surface area contributed by atoms with Crippen LogP contribution in [0, 0.1) is 6.92 Å². The van der Waals surface area contributed by atoms with Crippen LogP contribution in [0.15, 0.2) is 30.3 Å².